The normalized spacial score (nSPS) is 25.5. The summed E-state index contributed by atoms with van der Waals surface area (Å²) in [5.41, 5.74) is 1.44. The minimum atomic E-state index is -1.02. The summed E-state index contributed by atoms with van der Waals surface area (Å²) in [4.78, 5) is 66.1. The molecule has 2 amide bonds. The number of alkyl carbamates (subject to hydrolysis) is 1. The third-order valence-corrected chi connectivity index (χ3v) is 8.87. The molecule has 5 N–H and O–H groups in total. The average molecular weight is 639 g/mol. The van der Waals surface area contributed by atoms with Gasteiger partial charge in [-0.3, -0.25) is 38.8 Å². The van der Waals surface area contributed by atoms with E-state index in [0.29, 0.717) is 76.7 Å². The van der Waals surface area contributed by atoms with Gasteiger partial charge in [0.05, 0.1) is 32.8 Å². The number of allylic oxidation sites excluding steroid dienone is 2. The molecule has 1 saturated carbocycles. The summed E-state index contributed by atoms with van der Waals surface area (Å²) in [7, 11) is 0. The maximum Gasteiger partial charge on any atom is 0.407 e. The Morgan fingerprint density at radius 3 is 1.64 bits per heavy atom. The van der Waals surface area contributed by atoms with Crippen molar-refractivity contribution in [2.24, 2.45) is 17.8 Å². The van der Waals surface area contributed by atoms with Gasteiger partial charge in [-0.05, 0) is 50.4 Å². The van der Waals surface area contributed by atoms with Crippen LogP contribution < -0.4 is 10.6 Å². The van der Waals surface area contributed by atoms with Gasteiger partial charge in [0.15, 0.2) is 0 Å². The third-order valence-electron chi connectivity index (χ3n) is 8.87. The molecule has 2 fully saturated rings. The molecule has 0 aromatic heterocycles. The van der Waals surface area contributed by atoms with Crippen molar-refractivity contribution in [3.63, 3.8) is 0 Å². The van der Waals surface area contributed by atoms with E-state index < -0.39 is 24.0 Å². The summed E-state index contributed by atoms with van der Waals surface area (Å²) in [6, 6.07) is 0. The molecule has 3 atom stereocenters. The van der Waals surface area contributed by atoms with E-state index in [9.17, 15) is 39.3 Å². The Morgan fingerprint density at radius 1 is 0.711 bits per heavy atom. The quantitative estimate of drug-likeness (QED) is 0.130. The monoisotopic (exact) mass is 638 g/mol. The molecule has 0 aromatic rings. The van der Waals surface area contributed by atoms with Crippen LogP contribution in [0.4, 0.5) is 4.79 Å². The number of hydrogen-bond acceptors (Lipinski definition) is 10. The molecule has 1 saturated heterocycles. The Hall–Kier alpha value is -3.27. The van der Waals surface area contributed by atoms with Gasteiger partial charge in [0.1, 0.15) is 0 Å². The Kier molecular flexibility index (Phi) is 15.0. The number of carbonyl (C=O) groups excluding carboxylic acids is 2. The molecule has 0 radical (unpaired) electrons. The van der Waals surface area contributed by atoms with Crippen LogP contribution in [0.1, 0.15) is 32.6 Å². The fraction of sp³-hybridized carbons (Fsp3) is 0.767. The van der Waals surface area contributed by atoms with E-state index in [-0.39, 0.29) is 45.2 Å². The maximum absolute atomic E-state index is 12.8. The van der Waals surface area contributed by atoms with Crippen LogP contribution in [-0.4, -0.2) is 163 Å². The lowest BCUT2D eigenvalue weighted by Gasteiger charge is -2.32. The van der Waals surface area contributed by atoms with Crippen molar-refractivity contribution in [2.45, 2.75) is 32.6 Å². The molecule has 3 aliphatic rings. The molecule has 0 aromatic carbocycles. The van der Waals surface area contributed by atoms with E-state index in [1.165, 1.54) is 5.57 Å². The molecule has 0 spiro atoms. The maximum atomic E-state index is 12.8. The summed E-state index contributed by atoms with van der Waals surface area (Å²) in [6.45, 7) is 4.88. The Balaban J connectivity index is 1.43. The fourth-order valence-electron chi connectivity index (χ4n) is 6.28. The first kappa shape index (κ1) is 36.2. The zero-order chi connectivity index (χ0) is 32.8. The summed E-state index contributed by atoms with van der Waals surface area (Å²) < 4.78 is 5.45. The smallest absolute Gasteiger partial charge is 0.407 e. The van der Waals surface area contributed by atoms with Crippen molar-refractivity contribution in [3.8, 4) is 0 Å². The number of carbonyl (C=O) groups is 5. The zero-order valence-corrected chi connectivity index (χ0v) is 26.3. The predicted octanol–water partition coefficient (Wildman–Crippen LogP) is -0.313. The lowest BCUT2D eigenvalue weighted by atomic mass is 10.0. The van der Waals surface area contributed by atoms with E-state index in [4.69, 9.17) is 4.74 Å². The number of hydrogen-bond donors (Lipinski definition) is 5. The molecule has 254 valence electrons. The van der Waals surface area contributed by atoms with Crippen molar-refractivity contribution in [2.75, 3.05) is 98.2 Å². The topological polar surface area (TPSA) is 192 Å². The number of nitrogens with zero attached hydrogens (tertiary/aromatic N) is 4. The summed E-state index contributed by atoms with van der Waals surface area (Å²) in [6.07, 6.45) is 6.29. The molecule has 1 heterocycles. The molecule has 45 heavy (non-hydrogen) atoms. The van der Waals surface area contributed by atoms with Crippen molar-refractivity contribution in [1.82, 2.24) is 30.2 Å². The van der Waals surface area contributed by atoms with Crippen LogP contribution >= 0.6 is 0 Å². The minimum absolute atomic E-state index is 0.0101. The molecule has 1 aliphatic heterocycles. The Morgan fingerprint density at radius 2 is 1.16 bits per heavy atom. The van der Waals surface area contributed by atoms with Crippen LogP contribution in [0.2, 0.25) is 0 Å². The summed E-state index contributed by atoms with van der Waals surface area (Å²) >= 11 is 0. The molecule has 0 unspecified atom stereocenters. The van der Waals surface area contributed by atoms with E-state index >= 15 is 0 Å². The van der Waals surface area contributed by atoms with E-state index in [0.717, 1.165) is 25.7 Å². The van der Waals surface area contributed by atoms with Crippen LogP contribution in [0.5, 0.6) is 0 Å². The minimum Gasteiger partial charge on any atom is -0.480 e. The van der Waals surface area contributed by atoms with Crippen LogP contribution in [0.15, 0.2) is 11.6 Å². The van der Waals surface area contributed by atoms with Gasteiger partial charge in [-0.15, -0.1) is 0 Å². The van der Waals surface area contributed by atoms with Gasteiger partial charge in [-0.2, -0.15) is 0 Å². The van der Waals surface area contributed by atoms with Gasteiger partial charge >= 0.3 is 24.0 Å². The van der Waals surface area contributed by atoms with Gasteiger partial charge in [0, 0.05) is 65.4 Å². The van der Waals surface area contributed by atoms with Crippen LogP contribution in [0, 0.1) is 17.8 Å². The average Bonchev–Trinajstić information content (AvgIpc) is 3.61. The highest BCUT2D eigenvalue weighted by Gasteiger charge is 2.49. The second-order valence-corrected chi connectivity index (χ2v) is 12.3. The number of carboxylic acids is 3. The van der Waals surface area contributed by atoms with E-state index in [2.05, 4.69) is 23.6 Å². The largest absolute Gasteiger partial charge is 0.480 e. The Labute approximate surface area is 264 Å². The lowest BCUT2D eigenvalue weighted by Crippen LogP contribution is -2.50. The lowest BCUT2D eigenvalue weighted by molar-refractivity contribution is -0.140. The summed E-state index contributed by atoms with van der Waals surface area (Å²) in [5, 5.41) is 33.5. The first-order valence-electron chi connectivity index (χ1n) is 15.9. The van der Waals surface area contributed by atoms with Crippen molar-refractivity contribution < 1.29 is 44.0 Å². The highest BCUT2D eigenvalue weighted by Crippen LogP contribution is 2.53. The molecular weight excluding hydrogens is 588 g/mol. The van der Waals surface area contributed by atoms with E-state index in [1.54, 1.807) is 14.7 Å². The highest BCUT2D eigenvalue weighted by molar-refractivity contribution is 5.78. The predicted molar refractivity (Wildman–Crippen MR) is 164 cm³/mol. The standard InChI is InChI=1S/C30H50N6O9/c1-22-3-2-4-23-24(6-5-22)25(23)21-45-30(44)32-8-7-31-26(37)17-33-9-11-34(18-27(38)39)13-15-36(20-29(42)43)16-14-35(12-10-33)19-28(40)41/h3,23-25H,2,4-21H2,1H3,(H,31,37)(H,32,44)(H,38,39)(H,40,41)(H,42,43)/b22-3-/t23-,24+,25-/m0/s1. The SMILES string of the molecule is C/C1=C/CC[C@H]2[C@@H](CC1)[C@H]2COC(=O)NCCNC(=O)CN1CCN(CC(=O)O)CCN(CC(=O)O)CCN(CC(=O)O)CC1. The summed E-state index contributed by atoms with van der Waals surface area (Å²) in [5.74, 6) is -1.63. The van der Waals surface area contributed by atoms with Gasteiger partial charge in [0.2, 0.25) is 5.91 Å². The number of carboxylic acid groups (broad SMARTS) is 3. The van der Waals surface area contributed by atoms with Crippen molar-refractivity contribution in [1.29, 1.82) is 0 Å². The van der Waals surface area contributed by atoms with Crippen LogP contribution in [0.3, 0.4) is 0 Å². The van der Waals surface area contributed by atoms with Crippen molar-refractivity contribution >= 4 is 29.9 Å². The number of fused-ring (bicyclic) bond motifs is 1. The molecule has 0 bridgehead atoms. The third kappa shape index (κ3) is 14.1. The number of rotatable bonds is 13. The van der Waals surface area contributed by atoms with Crippen LogP contribution in [0.25, 0.3) is 0 Å². The fourth-order valence-corrected chi connectivity index (χ4v) is 6.28. The zero-order valence-electron chi connectivity index (χ0n) is 26.3. The molecule has 2 aliphatic carbocycles. The molecule has 15 heteroatoms. The second kappa shape index (κ2) is 18.6. The molecule has 3 rings (SSSR count). The number of aliphatic carboxylic acids is 3. The van der Waals surface area contributed by atoms with Gasteiger partial charge in [0.25, 0.3) is 0 Å². The second-order valence-electron chi connectivity index (χ2n) is 12.3. The Bertz CT molecular complexity index is 1020. The number of ether oxygens (including phenoxy) is 1. The van der Waals surface area contributed by atoms with Crippen LogP contribution in [-0.2, 0) is 23.9 Å². The van der Waals surface area contributed by atoms with E-state index in [1.807, 2.05) is 4.90 Å². The van der Waals surface area contributed by atoms with Gasteiger partial charge in [-0.25, -0.2) is 4.79 Å². The number of amides is 2. The first-order valence-corrected chi connectivity index (χ1v) is 15.9. The molecule has 15 nitrogen and oxygen atoms in total. The highest BCUT2D eigenvalue weighted by atomic mass is 16.5. The van der Waals surface area contributed by atoms with Gasteiger partial charge in [-0.1, -0.05) is 11.6 Å². The number of nitrogens with one attached hydrogen (secondary N) is 2. The van der Waals surface area contributed by atoms with Crippen molar-refractivity contribution in [3.05, 3.63) is 11.6 Å². The molecular formula is C30H50N6O9. The first-order chi connectivity index (χ1) is 21.5. The van der Waals surface area contributed by atoms with Gasteiger partial charge < -0.3 is 30.7 Å².